The third-order valence-electron chi connectivity index (χ3n) is 13.8. The van der Waals surface area contributed by atoms with Crippen molar-refractivity contribution in [3.63, 3.8) is 0 Å². The molecule has 0 aromatic carbocycles. The molecule has 42 heavy (non-hydrogen) atoms. The second kappa shape index (κ2) is 12.7. The first-order valence-corrected chi connectivity index (χ1v) is 17.9. The molecule has 4 saturated carbocycles. The van der Waals surface area contributed by atoms with Crippen molar-refractivity contribution >= 4 is 0 Å². The molecule has 5 aliphatic heterocycles. The summed E-state index contributed by atoms with van der Waals surface area (Å²) in [6.07, 6.45) is 25.6. The van der Waals surface area contributed by atoms with Crippen LogP contribution in [0.2, 0.25) is 0 Å². The van der Waals surface area contributed by atoms with Gasteiger partial charge in [0.25, 0.3) is 0 Å². The van der Waals surface area contributed by atoms with E-state index < -0.39 is 0 Å². The summed E-state index contributed by atoms with van der Waals surface area (Å²) in [7, 11) is 0. The van der Waals surface area contributed by atoms with Gasteiger partial charge in [0, 0.05) is 17.4 Å². The van der Waals surface area contributed by atoms with Crippen molar-refractivity contribution in [3.05, 3.63) is 0 Å². The fourth-order valence-corrected chi connectivity index (χ4v) is 12.0. The topological polar surface area (TPSA) is 96.2 Å². The summed E-state index contributed by atoms with van der Waals surface area (Å²) in [5.74, 6) is 5.97. The van der Waals surface area contributed by atoms with Gasteiger partial charge in [-0.2, -0.15) is 0 Å². The molecule has 8 atom stereocenters. The molecule has 10 heteroatoms. The molecule has 5 saturated heterocycles. The van der Waals surface area contributed by atoms with Crippen LogP contribution in [0, 0.1) is 47.3 Å². The van der Waals surface area contributed by atoms with E-state index in [-0.39, 0.29) is 22.1 Å². The normalized spacial score (nSPS) is 54.9. The van der Waals surface area contributed by atoms with Gasteiger partial charge in [-0.25, -0.2) is 0 Å². The fraction of sp³-hybridized carbons (Fsp3) is 1.00. The summed E-state index contributed by atoms with van der Waals surface area (Å²) in [5.41, 5.74) is 0. The van der Waals surface area contributed by atoms with Crippen LogP contribution in [0.5, 0.6) is 0 Å². The second-order valence-electron chi connectivity index (χ2n) is 15.6. The van der Waals surface area contributed by atoms with E-state index >= 15 is 0 Å². The Morgan fingerprint density at radius 3 is 0.476 bits per heavy atom. The predicted molar refractivity (Wildman–Crippen MR) is 160 cm³/mol. The largest absolute Gasteiger partial charge is 0.286 e. The summed E-state index contributed by atoms with van der Waals surface area (Å²) in [4.78, 5) is 0. The summed E-state index contributed by atoms with van der Waals surface area (Å²) in [6.45, 7) is 0. The maximum absolute atomic E-state index is 4.26. The Labute approximate surface area is 263 Å². The molecule has 8 N–H and O–H groups in total. The van der Waals surface area contributed by atoms with E-state index in [0.29, 0.717) is 49.3 Å². The van der Waals surface area contributed by atoms with Crippen LogP contribution in [-0.2, 0) is 17.4 Å². The van der Waals surface area contributed by atoms with Crippen molar-refractivity contribution in [1.82, 2.24) is 42.5 Å². The van der Waals surface area contributed by atoms with Gasteiger partial charge in [-0.05, 0) is 98.7 Å². The Morgan fingerprint density at radius 1 is 0.238 bits per heavy atom. The maximum atomic E-state index is 4.26. The molecule has 0 amide bonds. The van der Waals surface area contributed by atoms with Crippen LogP contribution in [0.1, 0.15) is 103 Å². The molecule has 4 aliphatic carbocycles. The van der Waals surface area contributed by atoms with Gasteiger partial charge in [0.2, 0.25) is 0 Å². The third kappa shape index (κ3) is 5.26. The zero-order valence-corrected chi connectivity index (χ0v) is 26.6. The van der Waals surface area contributed by atoms with Gasteiger partial charge in [0.15, 0.2) is 0 Å². The Bertz CT molecular complexity index is 723. The molecule has 9 rings (SSSR count). The van der Waals surface area contributed by atoms with Gasteiger partial charge >= 0.3 is 0 Å². The Balaban J connectivity index is 0.00000144. The Morgan fingerprint density at radius 2 is 0.357 bits per heavy atom. The van der Waals surface area contributed by atoms with Crippen LogP contribution < -0.4 is 42.5 Å². The van der Waals surface area contributed by atoms with Gasteiger partial charge < -0.3 is 0 Å². The van der Waals surface area contributed by atoms with Crippen molar-refractivity contribution in [2.24, 2.45) is 47.3 Å². The minimum atomic E-state index is 0. The molecule has 8 bridgehead atoms. The monoisotopic (exact) mass is 624 g/mol. The molecule has 0 aromatic heterocycles. The number of nitrogens with one attached hydrogen (secondary N) is 8. The van der Waals surface area contributed by atoms with Crippen LogP contribution in [0.4, 0.5) is 4.70 Å². The Hall–Kier alpha value is 0.142. The third-order valence-corrected chi connectivity index (χ3v) is 13.8. The van der Waals surface area contributed by atoms with Crippen LogP contribution >= 0.6 is 0 Å². The van der Waals surface area contributed by atoms with E-state index in [1.807, 2.05) is 0 Å². The van der Waals surface area contributed by atoms with E-state index in [4.69, 9.17) is 0 Å². The Kier molecular flexibility index (Phi) is 9.33. The molecule has 0 radical (unpaired) electrons. The van der Waals surface area contributed by atoms with Gasteiger partial charge in [0.05, 0.1) is 49.3 Å². The molecule has 8 nitrogen and oxygen atoms in total. The molecule has 0 aromatic rings. The molecule has 0 spiro atoms. The quantitative estimate of drug-likeness (QED) is 0.209. The van der Waals surface area contributed by atoms with Crippen molar-refractivity contribution in [1.29, 1.82) is 0 Å². The van der Waals surface area contributed by atoms with E-state index in [2.05, 4.69) is 42.5 Å². The summed E-state index contributed by atoms with van der Waals surface area (Å²) >= 11 is 0. The molecular weight excluding hydrogens is 567 g/mol. The van der Waals surface area contributed by atoms with Crippen molar-refractivity contribution < 1.29 is 22.1 Å². The maximum Gasteiger partial charge on any atom is 0.0628 e. The van der Waals surface area contributed by atoms with Crippen LogP contribution in [-0.4, -0.2) is 49.3 Å². The van der Waals surface area contributed by atoms with E-state index in [0.717, 1.165) is 47.3 Å². The molecular formula is C32H57CrFN8. The molecule has 9 fully saturated rings. The number of fused-ring (bicyclic) bond motifs is 20. The van der Waals surface area contributed by atoms with E-state index in [1.165, 1.54) is 103 Å². The van der Waals surface area contributed by atoms with Crippen molar-refractivity contribution in [3.8, 4) is 0 Å². The smallest absolute Gasteiger partial charge is 0.0628 e. The average Bonchev–Trinajstić information content (AvgIpc) is 3.73. The molecule has 8 unspecified atom stereocenters. The van der Waals surface area contributed by atoms with Gasteiger partial charge in [0.1, 0.15) is 0 Å². The zero-order valence-electron chi connectivity index (χ0n) is 25.4. The number of halogens is 1. The number of hydrogen-bond donors (Lipinski definition) is 8. The van der Waals surface area contributed by atoms with E-state index in [9.17, 15) is 0 Å². The number of hydrogen-bond acceptors (Lipinski definition) is 8. The van der Waals surface area contributed by atoms with Gasteiger partial charge in [-0.3, -0.25) is 47.2 Å². The van der Waals surface area contributed by atoms with Crippen LogP contribution in [0.3, 0.4) is 0 Å². The first kappa shape index (κ1) is 30.8. The molecule has 9 aliphatic rings. The minimum absolute atomic E-state index is 0. The standard InChI is InChI=1S/C32H56N8.Cr.FH/c1-2-10-18-17(9-1)25-33-26(18)38-28-21-13-5-6-14-22(21)30(35-28)40-32-24-16-8-7-15-23(24)31(36-32)39-29-20-12-4-3-11-19(20)27(34-29)37-25;;/h17-40H,1-16H2;;1H. The van der Waals surface area contributed by atoms with Gasteiger partial charge in [-0.1, -0.05) is 51.4 Å². The first-order valence-electron chi connectivity index (χ1n) is 17.9. The molecule has 5 heterocycles. The second-order valence-corrected chi connectivity index (χ2v) is 15.6. The summed E-state index contributed by atoms with van der Waals surface area (Å²) in [5, 5.41) is 33.8. The van der Waals surface area contributed by atoms with Crippen molar-refractivity contribution in [2.75, 3.05) is 0 Å². The zero-order chi connectivity index (χ0) is 26.2. The minimum Gasteiger partial charge on any atom is -0.286 e. The summed E-state index contributed by atoms with van der Waals surface area (Å²) in [6, 6.07) is 0. The van der Waals surface area contributed by atoms with E-state index in [1.54, 1.807) is 0 Å². The fourth-order valence-electron chi connectivity index (χ4n) is 12.0. The average molecular weight is 625 g/mol. The van der Waals surface area contributed by atoms with Crippen LogP contribution in [0.25, 0.3) is 0 Å². The predicted octanol–water partition coefficient (Wildman–Crippen LogP) is 2.76. The van der Waals surface area contributed by atoms with Gasteiger partial charge in [-0.15, -0.1) is 0 Å². The van der Waals surface area contributed by atoms with Crippen molar-refractivity contribution in [2.45, 2.75) is 152 Å². The SMILES string of the molecule is C1CCC2C3NC(NC4NC(NC5NC(NC6NC(N3)C3CCCCC63)C3CCCCC53)C3CCCCC43)C2C1.F.[Cr]. The number of rotatable bonds is 0. The summed E-state index contributed by atoms with van der Waals surface area (Å²) < 4.78 is 0. The van der Waals surface area contributed by atoms with Crippen LogP contribution in [0.15, 0.2) is 0 Å². The first-order chi connectivity index (χ1) is 19.8. The molecule has 238 valence electrons.